The molecule has 1 aromatic rings. The van der Waals surface area contributed by atoms with E-state index in [9.17, 15) is 4.79 Å². The first-order valence-corrected chi connectivity index (χ1v) is 5.94. The molecule has 0 aliphatic carbocycles. The predicted octanol–water partition coefficient (Wildman–Crippen LogP) is 0.248. The number of amides is 1. The highest BCUT2D eigenvalue weighted by Crippen LogP contribution is 2.19. The second-order valence-electron chi connectivity index (χ2n) is 4.02. The summed E-state index contributed by atoms with van der Waals surface area (Å²) >= 11 is 5.79. The van der Waals surface area contributed by atoms with E-state index in [0.29, 0.717) is 12.5 Å². The molecule has 1 aromatic heterocycles. The van der Waals surface area contributed by atoms with Crippen molar-refractivity contribution in [2.24, 2.45) is 0 Å². The Hall–Kier alpha value is -1.63. The van der Waals surface area contributed by atoms with Gasteiger partial charge in [-0.1, -0.05) is 0 Å². The summed E-state index contributed by atoms with van der Waals surface area (Å²) in [5.74, 6) is 0.438. The van der Waals surface area contributed by atoms with E-state index in [0.717, 1.165) is 13.0 Å². The van der Waals surface area contributed by atoms with Crippen molar-refractivity contribution in [2.45, 2.75) is 19.4 Å². The smallest absolute Gasteiger partial charge is 0.322 e. The Morgan fingerprint density at radius 3 is 2.94 bits per heavy atom. The maximum Gasteiger partial charge on any atom is 0.322 e. The van der Waals surface area contributed by atoms with Crippen LogP contribution in [0.2, 0.25) is 5.28 Å². The molecule has 1 saturated heterocycles. The van der Waals surface area contributed by atoms with E-state index in [2.05, 4.69) is 20.3 Å². The van der Waals surface area contributed by atoms with Crippen molar-refractivity contribution < 1.29 is 9.53 Å². The average molecular weight is 272 g/mol. The Bertz CT molecular complexity index is 456. The monoisotopic (exact) mass is 271 g/mol. The predicted molar refractivity (Wildman–Crippen MR) is 65.8 cm³/mol. The summed E-state index contributed by atoms with van der Waals surface area (Å²) in [4.78, 5) is 24.9. The highest BCUT2D eigenvalue weighted by Gasteiger charge is 2.25. The summed E-state index contributed by atoms with van der Waals surface area (Å²) in [5, 5.41) is 2.97. The lowest BCUT2D eigenvalue weighted by Crippen LogP contribution is -2.35. The highest BCUT2D eigenvalue weighted by atomic mass is 35.5. The number of hydrogen-bond acceptors (Lipinski definition) is 6. The largest absolute Gasteiger partial charge is 0.467 e. The van der Waals surface area contributed by atoms with E-state index in [1.165, 1.54) is 14.0 Å². The van der Waals surface area contributed by atoms with Gasteiger partial charge in [-0.15, -0.1) is 0 Å². The fraction of sp³-hybridized carbons (Fsp3) is 0.600. The van der Waals surface area contributed by atoms with Gasteiger partial charge in [0.25, 0.3) is 0 Å². The molecule has 98 valence electrons. The third-order valence-corrected chi connectivity index (χ3v) is 2.81. The number of nitrogens with one attached hydrogen (secondary N) is 1. The van der Waals surface area contributed by atoms with Crippen LogP contribution in [-0.4, -0.2) is 47.1 Å². The van der Waals surface area contributed by atoms with Gasteiger partial charge in [0.1, 0.15) is 0 Å². The van der Waals surface area contributed by atoms with E-state index in [-0.39, 0.29) is 23.2 Å². The first-order valence-electron chi connectivity index (χ1n) is 5.56. The minimum absolute atomic E-state index is 0.0342. The van der Waals surface area contributed by atoms with E-state index in [1.807, 2.05) is 4.90 Å². The van der Waals surface area contributed by atoms with Crippen LogP contribution in [-0.2, 0) is 4.79 Å². The maximum absolute atomic E-state index is 11.0. The summed E-state index contributed by atoms with van der Waals surface area (Å²) in [6.07, 6.45) is 0.852. The molecular formula is C10H14ClN5O2. The molecule has 1 aliphatic heterocycles. The third-order valence-electron chi connectivity index (χ3n) is 2.64. The molecule has 1 atom stereocenters. The van der Waals surface area contributed by atoms with Gasteiger partial charge in [-0.25, -0.2) is 0 Å². The molecular weight excluding hydrogens is 258 g/mol. The van der Waals surface area contributed by atoms with Crippen molar-refractivity contribution in [1.82, 2.24) is 20.3 Å². The molecule has 1 fully saturated rings. The number of halogens is 1. The molecule has 18 heavy (non-hydrogen) atoms. The van der Waals surface area contributed by atoms with Crippen LogP contribution in [0.25, 0.3) is 0 Å². The van der Waals surface area contributed by atoms with Crippen molar-refractivity contribution in [2.75, 3.05) is 25.1 Å². The van der Waals surface area contributed by atoms with Crippen molar-refractivity contribution in [3.63, 3.8) is 0 Å². The van der Waals surface area contributed by atoms with Gasteiger partial charge >= 0.3 is 6.01 Å². The molecule has 1 aliphatic rings. The van der Waals surface area contributed by atoms with Crippen molar-refractivity contribution in [3.05, 3.63) is 5.28 Å². The lowest BCUT2D eigenvalue weighted by atomic mass is 10.3. The van der Waals surface area contributed by atoms with Gasteiger partial charge in [0, 0.05) is 26.1 Å². The van der Waals surface area contributed by atoms with Crippen LogP contribution in [0.15, 0.2) is 0 Å². The molecule has 1 amide bonds. The third kappa shape index (κ3) is 2.98. The zero-order valence-electron chi connectivity index (χ0n) is 10.2. The van der Waals surface area contributed by atoms with Crippen LogP contribution in [0.5, 0.6) is 6.01 Å². The lowest BCUT2D eigenvalue weighted by Gasteiger charge is -2.16. The summed E-state index contributed by atoms with van der Waals surface area (Å²) in [6, 6.07) is 0.303. The molecule has 0 bridgehead atoms. The molecule has 0 saturated carbocycles. The standard InChI is InChI=1S/C10H14ClN5O2/c1-6(17)12-7-3-4-16(5-7)9-13-8(11)14-10(15-9)18-2/h7H,3-5H2,1-2H3,(H,12,17). The van der Waals surface area contributed by atoms with Gasteiger partial charge < -0.3 is 15.0 Å². The number of anilines is 1. The minimum atomic E-state index is -0.0342. The van der Waals surface area contributed by atoms with Gasteiger partial charge in [0.2, 0.25) is 17.1 Å². The Morgan fingerprint density at radius 1 is 1.50 bits per heavy atom. The zero-order valence-corrected chi connectivity index (χ0v) is 10.9. The highest BCUT2D eigenvalue weighted by molar-refractivity contribution is 6.28. The number of hydrogen-bond donors (Lipinski definition) is 1. The zero-order chi connectivity index (χ0) is 13.1. The second kappa shape index (κ2) is 5.34. The van der Waals surface area contributed by atoms with Crippen molar-refractivity contribution in [3.8, 4) is 6.01 Å². The summed E-state index contributed by atoms with van der Waals surface area (Å²) in [5.41, 5.74) is 0. The molecule has 1 N–H and O–H groups in total. The van der Waals surface area contributed by atoms with E-state index < -0.39 is 0 Å². The molecule has 0 aromatic carbocycles. The minimum Gasteiger partial charge on any atom is -0.467 e. The summed E-state index contributed by atoms with van der Waals surface area (Å²) < 4.78 is 4.94. The van der Waals surface area contributed by atoms with Gasteiger partial charge in [-0.2, -0.15) is 15.0 Å². The molecule has 0 radical (unpaired) electrons. The number of carbonyl (C=O) groups is 1. The van der Waals surface area contributed by atoms with Crippen LogP contribution < -0.4 is 15.0 Å². The number of carbonyl (C=O) groups excluding carboxylic acids is 1. The number of methoxy groups -OCH3 is 1. The first-order chi connectivity index (χ1) is 8.58. The van der Waals surface area contributed by atoms with Crippen LogP contribution >= 0.6 is 11.6 Å². The van der Waals surface area contributed by atoms with Gasteiger partial charge in [-0.05, 0) is 18.0 Å². The molecule has 0 spiro atoms. The van der Waals surface area contributed by atoms with E-state index >= 15 is 0 Å². The van der Waals surface area contributed by atoms with Crippen LogP contribution in [0, 0.1) is 0 Å². The fourth-order valence-electron chi connectivity index (χ4n) is 1.90. The van der Waals surface area contributed by atoms with Gasteiger partial charge in [0.05, 0.1) is 7.11 Å². The quantitative estimate of drug-likeness (QED) is 0.849. The number of ether oxygens (including phenoxy) is 1. The average Bonchev–Trinajstić information content (AvgIpc) is 2.75. The normalized spacial score (nSPS) is 18.8. The van der Waals surface area contributed by atoms with Crippen LogP contribution in [0.3, 0.4) is 0 Å². The number of rotatable bonds is 3. The van der Waals surface area contributed by atoms with Crippen LogP contribution in [0.4, 0.5) is 5.95 Å². The number of aromatic nitrogens is 3. The summed E-state index contributed by atoms with van der Waals surface area (Å²) in [7, 11) is 1.47. The maximum atomic E-state index is 11.0. The van der Waals surface area contributed by atoms with Gasteiger partial charge in [0.15, 0.2) is 0 Å². The Kier molecular flexibility index (Phi) is 3.81. The first kappa shape index (κ1) is 12.8. The van der Waals surface area contributed by atoms with E-state index in [4.69, 9.17) is 16.3 Å². The SMILES string of the molecule is COc1nc(Cl)nc(N2CCC(NC(C)=O)C2)n1. The lowest BCUT2D eigenvalue weighted by molar-refractivity contribution is -0.119. The molecule has 7 nitrogen and oxygen atoms in total. The Balaban J connectivity index is 2.09. The van der Waals surface area contributed by atoms with Crippen molar-refractivity contribution >= 4 is 23.5 Å². The Labute approximate surface area is 110 Å². The molecule has 2 heterocycles. The van der Waals surface area contributed by atoms with Gasteiger partial charge in [-0.3, -0.25) is 4.79 Å². The topological polar surface area (TPSA) is 80.2 Å². The molecule has 1 unspecified atom stereocenters. The summed E-state index contributed by atoms with van der Waals surface area (Å²) in [6.45, 7) is 2.92. The number of nitrogens with zero attached hydrogens (tertiary/aromatic N) is 4. The molecule has 8 heteroatoms. The van der Waals surface area contributed by atoms with Crippen molar-refractivity contribution in [1.29, 1.82) is 0 Å². The second-order valence-corrected chi connectivity index (χ2v) is 4.36. The molecule has 2 rings (SSSR count). The fourth-order valence-corrected chi connectivity index (χ4v) is 2.05. The van der Waals surface area contributed by atoms with E-state index in [1.54, 1.807) is 0 Å². The Morgan fingerprint density at radius 2 is 2.28 bits per heavy atom. The van der Waals surface area contributed by atoms with Crippen LogP contribution in [0.1, 0.15) is 13.3 Å².